The van der Waals surface area contributed by atoms with Crippen molar-refractivity contribution in [3.05, 3.63) is 29.8 Å². The Hall–Kier alpha value is -1.31. The molecule has 0 saturated heterocycles. The van der Waals surface area contributed by atoms with Crippen LogP contribution in [0.1, 0.15) is 48.9 Å². The minimum atomic E-state index is 0.297. The van der Waals surface area contributed by atoms with Gasteiger partial charge >= 0.3 is 0 Å². The lowest BCUT2D eigenvalue weighted by Gasteiger charge is -2.17. The van der Waals surface area contributed by atoms with E-state index in [0.29, 0.717) is 12.2 Å². The summed E-state index contributed by atoms with van der Waals surface area (Å²) in [4.78, 5) is 14.3. The third kappa shape index (κ3) is 3.12. The second-order valence-electron chi connectivity index (χ2n) is 5.52. The van der Waals surface area contributed by atoms with Crippen molar-refractivity contribution in [1.82, 2.24) is 0 Å². The van der Waals surface area contributed by atoms with E-state index in [1.54, 1.807) is 0 Å². The number of anilines is 1. The van der Waals surface area contributed by atoms with Crippen molar-refractivity contribution in [2.75, 3.05) is 19.0 Å². The van der Waals surface area contributed by atoms with E-state index in [4.69, 9.17) is 0 Å². The second-order valence-corrected chi connectivity index (χ2v) is 5.52. The molecule has 1 aromatic rings. The van der Waals surface area contributed by atoms with E-state index in [9.17, 15) is 4.79 Å². The molecule has 0 bridgehead atoms. The van der Waals surface area contributed by atoms with Gasteiger partial charge in [0.1, 0.15) is 0 Å². The molecule has 1 aromatic carbocycles. The first-order valence-electron chi connectivity index (χ1n) is 6.98. The lowest BCUT2D eigenvalue weighted by Crippen LogP contribution is -2.14. The van der Waals surface area contributed by atoms with Crippen LogP contribution in [0, 0.1) is 5.92 Å². The SMILES string of the molecule is CN(C)c1ccccc1C(=O)CCC1CCCC1. The Labute approximate surface area is 110 Å². The lowest BCUT2D eigenvalue weighted by atomic mass is 9.96. The quantitative estimate of drug-likeness (QED) is 0.733. The Balaban J connectivity index is 1.99. The first-order chi connectivity index (χ1) is 8.68. The lowest BCUT2D eigenvalue weighted by molar-refractivity contribution is 0.0974. The van der Waals surface area contributed by atoms with Crippen LogP contribution in [0.3, 0.4) is 0 Å². The maximum atomic E-state index is 12.3. The molecule has 18 heavy (non-hydrogen) atoms. The number of nitrogens with zero attached hydrogens (tertiary/aromatic N) is 1. The number of rotatable bonds is 5. The molecule has 0 aliphatic heterocycles. The molecule has 0 N–H and O–H groups in total. The molecule has 0 amide bonds. The van der Waals surface area contributed by atoms with E-state index in [1.165, 1.54) is 25.7 Å². The van der Waals surface area contributed by atoms with Crippen molar-refractivity contribution >= 4 is 11.5 Å². The van der Waals surface area contributed by atoms with Gasteiger partial charge in [0.2, 0.25) is 0 Å². The minimum absolute atomic E-state index is 0.297. The summed E-state index contributed by atoms with van der Waals surface area (Å²) in [7, 11) is 3.98. The molecule has 98 valence electrons. The maximum Gasteiger partial charge on any atom is 0.164 e. The molecular weight excluding hydrogens is 222 g/mol. The van der Waals surface area contributed by atoms with Crippen LogP contribution in [-0.4, -0.2) is 19.9 Å². The van der Waals surface area contributed by atoms with Gasteiger partial charge in [-0.15, -0.1) is 0 Å². The first kappa shape index (κ1) is 13.1. The number of benzene rings is 1. The van der Waals surface area contributed by atoms with E-state index < -0.39 is 0 Å². The zero-order valence-electron chi connectivity index (χ0n) is 11.5. The minimum Gasteiger partial charge on any atom is -0.377 e. The molecule has 0 atom stereocenters. The summed E-state index contributed by atoms with van der Waals surface area (Å²) in [5.74, 6) is 1.09. The van der Waals surface area contributed by atoms with Crippen LogP contribution in [0.15, 0.2) is 24.3 Å². The zero-order valence-corrected chi connectivity index (χ0v) is 11.5. The van der Waals surface area contributed by atoms with Crippen molar-refractivity contribution in [3.63, 3.8) is 0 Å². The van der Waals surface area contributed by atoms with Crippen LogP contribution < -0.4 is 4.90 Å². The summed E-state index contributed by atoms with van der Waals surface area (Å²) < 4.78 is 0. The van der Waals surface area contributed by atoms with Gasteiger partial charge in [0.25, 0.3) is 0 Å². The Kier molecular flexibility index (Phi) is 4.40. The summed E-state index contributed by atoms with van der Waals surface area (Å²) >= 11 is 0. The molecule has 2 rings (SSSR count). The Morgan fingerprint density at radius 2 is 1.89 bits per heavy atom. The molecule has 2 nitrogen and oxygen atoms in total. The molecule has 0 heterocycles. The number of hydrogen-bond acceptors (Lipinski definition) is 2. The average molecular weight is 245 g/mol. The summed E-state index contributed by atoms with van der Waals surface area (Å²) in [5.41, 5.74) is 1.91. The largest absolute Gasteiger partial charge is 0.377 e. The predicted octanol–water partition coefficient (Wildman–Crippen LogP) is 3.91. The van der Waals surface area contributed by atoms with Crippen molar-refractivity contribution < 1.29 is 4.79 Å². The predicted molar refractivity (Wildman–Crippen MR) is 76.3 cm³/mol. The van der Waals surface area contributed by atoms with E-state index in [-0.39, 0.29) is 0 Å². The van der Waals surface area contributed by atoms with Gasteiger partial charge in [-0.05, 0) is 24.5 Å². The molecule has 1 aliphatic carbocycles. The fraction of sp³-hybridized carbons (Fsp3) is 0.562. The number of hydrogen-bond donors (Lipinski definition) is 0. The standard InChI is InChI=1S/C16H23NO/c1-17(2)15-10-6-5-9-14(15)16(18)12-11-13-7-3-4-8-13/h5-6,9-10,13H,3-4,7-8,11-12H2,1-2H3. The molecule has 1 fully saturated rings. The fourth-order valence-corrected chi connectivity index (χ4v) is 2.87. The average Bonchev–Trinajstić information content (AvgIpc) is 2.89. The topological polar surface area (TPSA) is 20.3 Å². The Morgan fingerprint density at radius 3 is 2.56 bits per heavy atom. The highest BCUT2D eigenvalue weighted by Crippen LogP contribution is 2.29. The van der Waals surface area contributed by atoms with Crippen LogP contribution >= 0.6 is 0 Å². The van der Waals surface area contributed by atoms with Gasteiger partial charge in [-0.25, -0.2) is 0 Å². The number of ketones is 1. The highest BCUT2D eigenvalue weighted by atomic mass is 16.1. The molecule has 1 aliphatic rings. The Bertz CT molecular complexity index is 405. The van der Waals surface area contributed by atoms with E-state index >= 15 is 0 Å². The number of Topliss-reactive ketones (excluding diaryl/α,β-unsaturated/α-hetero) is 1. The summed E-state index contributed by atoms with van der Waals surface area (Å²) in [6.07, 6.45) is 7.13. The van der Waals surface area contributed by atoms with Crippen LogP contribution in [0.5, 0.6) is 0 Å². The van der Waals surface area contributed by atoms with Gasteiger partial charge in [-0.1, -0.05) is 37.8 Å². The van der Waals surface area contributed by atoms with Crippen LogP contribution in [-0.2, 0) is 0 Å². The van der Waals surface area contributed by atoms with Crippen molar-refractivity contribution in [2.45, 2.75) is 38.5 Å². The number of carbonyl (C=O) groups excluding carboxylic acids is 1. The Morgan fingerprint density at radius 1 is 1.22 bits per heavy atom. The second kappa shape index (κ2) is 6.03. The van der Waals surface area contributed by atoms with Gasteiger partial charge in [0, 0.05) is 31.8 Å². The van der Waals surface area contributed by atoms with Crippen molar-refractivity contribution in [3.8, 4) is 0 Å². The molecule has 0 radical (unpaired) electrons. The highest BCUT2D eigenvalue weighted by Gasteiger charge is 2.18. The van der Waals surface area contributed by atoms with E-state index in [2.05, 4.69) is 0 Å². The first-order valence-corrected chi connectivity index (χ1v) is 6.98. The highest BCUT2D eigenvalue weighted by molar-refractivity contribution is 6.01. The maximum absolute atomic E-state index is 12.3. The normalized spacial score (nSPS) is 15.9. The summed E-state index contributed by atoms with van der Waals surface area (Å²) in [6.45, 7) is 0. The third-order valence-corrected chi connectivity index (χ3v) is 3.94. The van der Waals surface area contributed by atoms with Gasteiger partial charge < -0.3 is 4.90 Å². The van der Waals surface area contributed by atoms with Crippen LogP contribution in [0.25, 0.3) is 0 Å². The summed E-state index contributed by atoms with van der Waals surface area (Å²) in [6, 6.07) is 7.91. The van der Waals surface area contributed by atoms with E-state index in [1.807, 2.05) is 43.3 Å². The van der Waals surface area contributed by atoms with Crippen LogP contribution in [0.2, 0.25) is 0 Å². The molecule has 0 spiro atoms. The fourth-order valence-electron chi connectivity index (χ4n) is 2.87. The van der Waals surface area contributed by atoms with Gasteiger partial charge in [-0.2, -0.15) is 0 Å². The summed E-state index contributed by atoms with van der Waals surface area (Å²) in [5, 5.41) is 0. The monoisotopic (exact) mass is 245 g/mol. The van der Waals surface area contributed by atoms with E-state index in [0.717, 1.165) is 23.6 Å². The molecule has 0 aromatic heterocycles. The third-order valence-electron chi connectivity index (χ3n) is 3.94. The van der Waals surface area contributed by atoms with Crippen LogP contribution in [0.4, 0.5) is 5.69 Å². The zero-order chi connectivity index (χ0) is 13.0. The van der Waals surface area contributed by atoms with Crippen molar-refractivity contribution in [1.29, 1.82) is 0 Å². The number of carbonyl (C=O) groups is 1. The smallest absolute Gasteiger partial charge is 0.164 e. The molecular formula is C16H23NO. The molecule has 2 heteroatoms. The van der Waals surface area contributed by atoms with Gasteiger partial charge in [0.05, 0.1) is 0 Å². The van der Waals surface area contributed by atoms with Gasteiger partial charge in [0.15, 0.2) is 5.78 Å². The molecule has 1 saturated carbocycles. The van der Waals surface area contributed by atoms with Gasteiger partial charge in [-0.3, -0.25) is 4.79 Å². The number of para-hydroxylation sites is 1. The molecule has 0 unspecified atom stereocenters. The van der Waals surface area contributed by atoms with Crippen molar-refractivity contribution in [2.24, 2.45) is 5.92 Å².